The first-order valence-corrected chi connectivity index (χ1v) is 6.23. The van der Waals surface area contributed by atoms with Gasteiger partial charge >= 0.3 is 0 Å². The molecule has 92 valence electrons. The molecule has 1 fully saturated rings. The second kappa shape index (κ2) is 4.61. The molecule has 0 aromatic heterocycles. The molecule has 1 heterocycles. The van der Waals surface area contributed by atoms with Crippen LogP contribution in [0.25, 0.3) is 0 Å². The van der Waals surface area contributed by atoms with E-state index >= 15 is 0 Å². The molecule has 1 aliphatic heterocycles. The van der Waals surface area contributed by atoms with Crippen LogP contribution in [0.2, 0.25) is 0 Å². The molecule has 1 atom stereocenters. The molecule has 17 heavy (non-hydrogen) atoms. The number of ketones is 1. The zero-order valence-electron chi connectivity index (χ0n) is 10.8. The van der Waals surface area contributed by atoms with Gasteiger partial charge in [-0.1, -0.05) is 29.8 Å². The van der Waals surface area contributed by atoms with Crippen molar-refractivity contribution in [1.29, 1.82) is 0 Å². The molecule has 0 amide bonds. The number of rotatable bonds is 2. The number of aryl methyl sites for hydroxylation is 1. The SMILES string of the molecule is Cc1ccc(C(=O)[C@@H]2CCOC(C)(C)C2)cc1. The molecule has 0 radical (unpaired) electrons. The Hall–Kier alpha value is -1.15. The lowest BCUT2D eigenvalue weighted by Gasteiger charge is -2.34. The van der Waals surface area contributed by atoms with Gasteiger partial charge in [-0.3, -0.25) is 4.79 Å². The van der Waals surface area contributed by atoms with Gasteiger partial charge in [0.25, 0.3) is 0 Å². The van der Waals surface area contributed by atoms with Crippen molar-refractivity contribution < 1.29 is 9.53 Å². The second-order valence-corrected chi connectivity index (χ2v) is 5.53. The Labute approximate surface area is 103 Å². The van der Waals surface area contributed by atoms with Crippen LogP contribution in [0.1, 0.15) is 42.6 Å². The molecule has 2 heteroatoms. The number of hydrogen-bond acceptors (Lipinski definition) is 2. The van der Waals surface area contributed by atoms with Gasteiger partial charge in [-0.25, -0.2) is 0 Å². The van der Waals surface area contributed by atoms with Crippen LogP contribution in [0.3, 0.4) is 0 Å². The fraction of sp³-hybridized carbons (Fsp3) is 0.533. The molecule has 0 saturated carbocycles. The molecule has 0 N–H and O–H groups in total. The van der Waals surface area contributed by atoms with Gasteiger partial charge in [0.05, 0.1) is 5.60 Å². The molecule has 0 spiro atoms. The summed E-state index contributed by atoms with van der Waals surface area (Å²) in [4.78, 5) is 12.3. The number of Topliss-reactive ketones (excluding diaryl/α,β-unsaturated/α-hetero) is 1. The lowest BCUT2D eigenvalue weighted by molar-refractivity contribution is -0.0664. The fourth-order valence-corrected chi connectivity index (χ4v) is 2.41. The summed E-state index contributed by atoms with van der Waals surface area (Å²) >= 11 is 0. The van der Waals surface area contributed by atoms with Gasteiger partial charge in [0.2, 0.25) is 0 Å². The maximum atomic E-state index is 12.3. The highest BCUT2D eigenvalue weighted by atomic mass is 16.5. The number of carbonyl (C=O) groups excluding carboxylic acids is 1. The van der Waals surface area contributed by atoms with Crippen molar-refractivity contribution in [2.75, 3.05) is 6.61 Å². The largest absolute Gasteiger partial charge is 0.376 e. The second-order valence-electron chi connectivity index (χ2n) is 5.53. The van der Waals surface area contributed by atoms with E-state index in [1.807, 2.05) is 31.2 Å². The van der Waals surface area contributed by atoms with Gasteiger partial charge < -0.3 is 4.74 Å². The average molecular weight is 232 g/mol. The third kappa shape index (κ3) is 2.95. The van der Waals surface area contributed by atoms with Crippen molar-refractivity contribution in [1.82, 2.24) is 0 Å². The van der Waals surface area contributed by atoms with Crippen LogP contribution in [-0.2, 0) is 4.74 Å². The van der Waals surface area contributed by atoms with Gasteiger partial charge in [0.1, 0.15) is 0 Å². The molecular formula is C15H20O2. The number of benzene rings is 1. The summed E-state index contributed by atoms with van der Waals surface area (Å²) in [5.41, 5.74) is 1.86. The minimum atomic E-state index is -0.163. The van der Waals surface area contributed by atoms with E-state index < -0.39 is 0 Å². The normalized spacial score (nSPS) is 23.4. The van der Waals surface area contributed by atoms with Crippen molar-refractivity contribution in [3.63, 3.8) is 0 Å². The molecule has 1 aromatic carbocycles. The minimum absolute atomic E-state index is 0.112. The van der Waals surface area contributed by atoms with Gasteiger partial charge in [-0.2, -0.15) is 0 Å². The molecular weight excluding hydrogens is 212 g/mol. The number of carbonyl (C=O) groups is 1. The van der Waals surface area contributed by atoms with Gasteiger partial charge in [0, 0.05) is 18.1 Å². The van der Waals surface area contributed by atoms with Crippen molar-refractivity contribution in [3.8, 4) is 0 Å². The van der Waals surface area contributed by atoms with E-state index in [2.05, 4.69) is 13.8 Å². The molecule has 2 rings (SSSR count). The Bertz CT molecular complexity index is 403. The summed E-state index contributed by atoms with van der Waals surface area (Å²) in [6, 6.07) is 7.86. The van der Waals surface area contributed by atoms with Crippen LogP contribution in [0.5, 0.6) is 0 Å². The predicted octanol–water partition coefficient (Wildman–Crippen LogP) is 3.38. The summed E-state index contributed by atoms with van der Waals surface area (Å²) in [6.07, 6.45) is 1.66. The lowest BCUT2D eigenvalue weighted by Crippen LogP contribution is -2.37. The van der Waals surface area contributed by atoms with Crippen LogP contribution in [0.4, 0.5) is 0 Å². The van der Waals surface area contributed by atoms with E-state index in [0.29, 0.717) is 6.61 Å². The van der Waals surface area contributed by atoms with Crippen molar-refractivity contribution in [3.05, 3.63) is 35.4 Å². The lowest BCUT2D eigenvalue weighted by atomic mass is 9.83. The van der Waals surface area contributed by atoms with Crippen LogP contribution >= 0.6 is 0 Å². The summed E-state index contributed by atoms with van der Waals surface area (Å²) in [5.74, 6) is 0.378. The van der Waals surface area contributed by atoms with E-state index in [-0.39, 0.29) is 17.3 Å². The Kier molecular flexibility index (Phi) is 3.34. The van der Waals surface area contributed by atoms with Crippen LogP contribution in [0.15, 0.2) is 24.3 Å². The molecule has 0 unspecified atom stereocenters. The summed E-state index contributed by atoms with van der Waals surface area (Å²) in [6.45, 7) is 6.84. The average Bonchev–Trinajstić information content (AvgIpc) is 2.28. The maximum absolute atomic E-state index is 12.3. The smallest absolute Gasteiger partial charge is 0.166 e. The summed E-state index contributed by atoms with van der Waals surface area (Å²) < 4.78 is 5.65. The zero-order valence-corrected chi connectivity index (χ0v) is 10.8. The Morgan fingerprint density at radius 3 is 2.53 bits per heavy atom. The van der Waals surface area contributed by atoms with E-state index in [1.165, 1.54) is 5.56 Å². The van der Waals surface area contributed by atoms with Gasteiger partial charge in [0.15, 0.2) is 5.78 Å². The van der Waals surface area contributed by atoms with Crippen molar-refractivity contribution in [2.45, 2.75) is 39.2 Å². The number of hydrogen-bond donors (Lipinski definition) is 0. The summed E-state index contributed by atoms with van der Waals surface area (Å²) in [5, 5.41) is 0. The molecule has 1 aromatic rings. The zero-order chi connectivity index (χ0) is 12.5. The monoisotopic (exact) mass is 232 g/mol. The third-order valence-electron chi connectivity index (χ3n) is 3.40. The fourth-order valence-electron chi connectivity index (χ4n) is 2.41. The van der Waals surface area contributed by atoms with E-state index in [1.54, 1.807) is 0 Å². The molecule has 1 saturated heterocycles. The third-order valence-corrected chi connectivity index (χ3v) is 3.40. The Morgan fingerprint density at radius 2 is 1.94 bits per heavy atom. The minimum Gasteiger partial charge on any atom is -0.376 e. The molecule has 2 nitrogen and oxygen atoms in total. The van der Waals surface area contributed by atoms with E-state index in [0.717, 1.165) is 18.4 Å². The maximum Gasteiger partial charge on any atom is 0.166 e. The predicted molar refractivity (Wildman–Crippen MR) is 68.3 cm³/mol. The van der Waals surface area contributed by atoms with Gasteiger partial charge in [-0.15, -0.1) is 0 Å². The molecule has 0 aliphatic carbocycles. The molecule has 1 aliphatic rings. The molecule has 0 bridgehead atoms. The highest BCUT2D eigenvalue weighted by Crippen LogP contribution is 2.30. The van der Waals surface area contributed by atoms with E-state index in [9.17, 15) is 4.79 Å². The first kappa shape index (κ1) is 12.3. The standard InChI is InChI=1S/C15H20O2/c1-11-4-6-12(7-5-11)14(16)13-8-9-17-15(2,3)10-13/h4-7,13H,8-10H2,1-3H3/t13-/m1/s1. The summed E-state index contributed by atoms with van der Waals surface area (Å²) in [7, 11) is 0. The van der Waals surface area contributed by atoms with Crippen molar-refractivity contribution in [2.24, 2.45) is 5.92 Å². The Balaban J connectivity index is 2.12. The highest BCUT2D eigenvalue weighted by Gasteiger charge is 2.33. The van der Waals surface area contributed by atoms with Crippen molar-refractivity contribution >= 4 is 5.78 Å². The topological polar surface area (TPSA) is 26.3 Å². The quantitative estimate of drug-likeness (QED) is 0.731. The Morgan fingerprint density at radius 1 is 1.29 bits per heavy atom. The van der Waals surface area contributed by atoms with Crippen LogP contribution in [-0.4, -0.2) is 18.0 Å². The first-order valence-electron chi connectivity index (χ1n) is 6.23. The first-order chi connectivity index (χ1) is 7.98. The van der Waals surface area contributed by atoms with E-state index in [4.69, 9.17) is 4.74 Å². The van der Waals surface area contributed by atoms with Crippen LogP contribution in [0, 0.1) is 12.8 Å². The van der Waals surface area contributed by atoms with Crippen LogP contribution < -0.4 is 0 Å². The number of ether oxygens (including phenoxy) is 1. The highest BCUT2D eigenvalue weighted by molar-refractivity contribution is 5.98. The van der Waals surface area contributed by atoms with Gasteiger partial charge in [-0.05, 0) is 33.6 Å².